The molecule has 1 unspecified atom stereocenters. The molecule has 0 aliphatic heterocycles. The minimum atomic E-state index is -0.425. The van der Waals surface area contributed by atoms with Crippen molar-refractivity contribution < 1.29 is 15.3 Å². The molecule has 2 aromatic carbocycles. The van der Waals surface area contributed by atoms with Crippen LogP contribution in [0.25, 0.3) is 6.08 Å². The molecule has 0 spiro atoms. The van der Waals surface area contributed by atoms with E-state index in [0.717, 1.165) is 43.2 Å². The van der Waals surface area contributed by atoms with Crippen LogP contribution in [0.2, 0.25) is 0 Å². The first-order valence-corrected chi connectivity index (χ1v) is 12.2. The van der Waals surface area contributed by atoms with Gasteiger partial charge in [-0.1, -0.05) is 83.2 Å². The molecule has 1 atom stereocenters. The summed E-state index contributed by atoms with van der Waals surface area (Å²) in [4.78, 5) is 0. The highest BCUT2D eigenvalue weighted by Crippen LogP contribution is 2.38. The van der Waals surface area contributed by atoms with E-state index in [2.05, 4.69) is 51.1 Å². The van der Waals surface area contributed by atoms with Gasteiger partial charge in [-0.05, 0) is 76.8 Å². The molecule has 0 saturated heterocycles. The lowest BCUT2D eigenvalue weighted by molar-refractivity contribution is 0.173. The van der Waals surface area contributed by atoms with E-state index in [1.54, 1.807) is 0 Å². The van der Waals surface area contributed by atoms with Crippen molar-refractivity contribution in [3.05, 3.63) is 75.9 Å². The molecule has 32 heavy (non-hydrogen) atoms. The highest BCUT2D eigenvalue weighted by molar-refractivity contribution is 5.56. The van der Waals surface area contributed by atoms with E-state index >= 15 is 0 Å². The summed E-state index contributed by atoms with van der Waals surface area (Å²) in [6.45, 7) is 10.7. The van der Waals surface area contributed by atoms with Gasteiger partial charge < -0.3 is 15.3 Å². The van der Waals surface area contributed by atoms with Gasteiger partial charge in [-0.3, -0.25) is 0 Å². The maximum Gasteiger partial charge on any atom is 0.0747 e. The van der Waals surface area contributed by atoms with Crippen LogP contribution < -0.4 is 0 Å². The highest BCUT2D eigenvalue weighted by atomic mass is 16.3. The Morgan fingerprint density at radius 2 is 1.56 bits per heavy atom. The van der Waals surface area contributed by atoms with E-state index in [0.29, 0.717) is 0 Å². The predicted molar refractivity (Wildman–Crippen MR) is 135 cm³/mol. The normalized spacial score (nSPS) is 13.3. The van der Waals surface area contributed by atoms with Gasteiger partial charge >= 0.3 is 0 Å². The van der Waals surface area contributed by atoms with Crippen molar-refractivity contribution in [1.82, 2.24) is 0 Å². The third kappa shape index (κ3) is 6.31. The number of aliphatic hydroxyl groups is 3. The minimum Gasteiger partial charge on any atom is -0.392 e. The molecule has 0 aliphatic carbocycles. The zero-order valence-electron chi connectivity index (χ0n) is 20.6. The second-order valence-corrected chi connectivity index (χ2v) is 9.27. The largest absolute Gasteiger partial charge is 0.392 e. The fourth-order valence-electron chi connectivity index (χ4n) is 4.50. The van der Waals surface area contributed by atoms with Crippen LogP contribution in [0.5, 0.6) is 0 Å². The van der Waals surface area contributed by atoms with Crippen molar-refractivity contribution in [3.63, 3.8) is 0 Å². The number of aliphatic hydroxyl groups excluding tert-OH is 3. The molecule has 0 saturated carbocycles. The SMILES string of the molecule is CCc1cc(C(CC)(CC)CCc2ccc(CO)c(CO)c2)ccc1C=CC(O)C(C)C. The molecule has 0 amide bonds. The van der Waals surface area contributed by atoms with Gasteiger partial charge in [0.1, 0.15) is 0 Å². The van der Waals surface area contributed by atoms with E-state index in [4.69, 9.17) is 0 Å². The van der Waals surface area contributed by atoms with Crippen molar-refractivity contribution in [3.8, 4) is 0 Å². The molecule has 0 aliphatic rings. The molecule has 3 heteroatoms. The van der Waals surface area contributed by atoms with Gasteiger partial charge in [-0.2, -0.15) is 0 Å². The Bertz CT molecular complexity index is 878. The second kappa shape index (κ2) is 12.3. The van der Waals surface area contributed by atoms with Gasteiger partial charge in [0.25, 0.3) is 0 Å². The standard InChI is InChI=1S/C29H42O3/c1-6-23-18-27(13-11-24(23)12-14-28(32)21(4)5)29(7-2,8-3)16-15-22-9-10-25(19-30)26(17-22)20-31/h9-14,17-18,21,28,30-32H,6-8,15-16,19-20H2,1-5H3. The van der Waals surface area contributed by atoms with Crippen molar-refractivity contribution in [1.29, 1.82) is 0 Å². The molecular formula is C29H42O3. The van der Waals surface area contributed by atoms with Gasteiger partial charge in [0, 0.05) is 0 Å². The van der Waals surface area contributed by atoms with Crippen LogP contribution in [-0.2, 0) is 31.5 Å². The molecule has 0 radical (unpaired) electrons. The van der Waals surface area contributed by atoms with Crippen LogP contribution in [-0.4, -0.2) is 21.4 Å². The predicted octanol–water partition coefficient (Wildman–Crippen LogP) is 5.95. The molecule has 3 N–H and O–H groups in total. The van der Waals surface area contributed by atoms with Gasteiger partial charge in [0.05, 0.1) is 19.3 Å². The maximum atomic E-state index is 10.1. The Kier molecular flexibility index (Phi) is 10.1. The first-order valence-electron chi connectivity index (χ1n) is 12.2. The third-order valence-electron chi connectivity index (χ3n) is 7.15. The average molecular weight is 439 g/mol. The summed E-state index contributed by atoms with van der Waals surface area (Å²) in [5, 5.41) is 29.2. The summed E-state index contributed by atoms with van der Waals surface area (Å²) < 4.78 is 0. The van der Waals surface area contributed by atoms with E-state index in [1.807, 2.05) is 32.1 Å². The topological polar surface area (TPSA) is 60.7 Å². The van der Waals surface area contributed by atoms with Gasteiger partial charge in [0.15, 0.2) is 0 Å². The molecule has 2 aromatic rings. The van der Waals surface area contributed by atoms with Crippen molar-refractivity contribution in [2.45, 2.75) is 91.5 Å². The van der Waals surface area contributed by atoms with Crippen LogP contribution >= 0.6 is 0 Å². The summed E-state index contributed by atoms with van der Waals surface area (Å²) in [7, 11) is 0. The first-order chi connectivity index (χ1) is 15.3. The molecule has 2 rings (SSSR count). The van der Waals surface area contributed by atoms with Crippen LogP contribution in [0, 0.1) is 5.92 Å². The summed E-state index contributed by atoms with van der Waals surface area (Å²) in [6, 6.07) is 12.9. The quantitative estimate of drug-likeness (QED) is 0.383. The number of hydrogen-bond acceptors (Lipinski definition) is 3. The van der Waals surface area contributed by atoms with Crippen LogP contribution in [0.4, 0.5) is 0 Å². The summed E-state index contributed by atoms with van der Waals surface area (Å²) in [5.41, 5.74) is 6.80. The Balaban J connectivity index is 2.30. The third-order valence-corrected chi connectivity index (χ3v) is 7.15. The maximum absolute atomic E-state index is 10.1. The Hall–Kier alpha value is -1.94. The molecule has 0 aromatic heterocycles. The lowest BCUT2D eigenvalue weighted by Crippen LogP contribution is -2.25. The lowest BCUT2D eigenvalue weighted by atomic mass is 9.71. The number of hydrogen-bond donors (Lipinski definition) is 3. The first kappa shape index (κ1) is 26.3. The summed E-state index contributed by atoms with van der Waals surface area (Å²) >= 11 is 0. The number of aryl methyl sites for hydroxylation is 2. The number of benzene rings is 2. The number of rotatable bonds is 12. The van der Waals surface area contributed by atoms with Crippen molar-refractivity contribution >= 4 is 6.08 Å². The average Bonchev–Trinajstić information content (AvgIpc) is 2.83. The van der Waals surface area contributed by atoms with Crippen molar-refractivity contribution in [2.75, 3.05) is 0 Å². The Labute approximate surface area is 194 Å². The highest BCUT2D eigenvalue weighted by Gasteiger charge is 2.28. The monoisotopic (exact) mass is 438 g/mol. The minimum absolute atomic E-state index is 0.0428. The summed E-state index contributed by atoms with van der Waals surface area (Å²) in [5.74, 6) is 0.209. The van der Waals surface area contributed by atoms with Gasteiger partial charge in [-0.15, -0.1) is 0 Å². The van der Waals surface area contributed by atoms with Crippen LogP contribution in [0.3, 0.4) is 0 Å². The van der Waals surface area contributed by atoms with Crippen LogP contribution in [0.15, 0.2) is 42.5 Å². The molecule has 3 nitrogen and oxygen atoms in total. The van der Waals surface area contributed by atoms with E-state index in [1.165, 1.54) is 22.3 Å². The molecule has 0 bridgehead atoms. The molecular weight excluding hydrogens is 396 g/mol. The fraction of sp³-hybridized carbons (Fsp3) is 0.517. The zero-order chi connectivity index (χ0) is 23.7. The smallest absolute Gasteiger partial charge is 0.0747 e. The molecule has 0 heterocycles. The molecule has 176 valence electrons. The van der Waals surface area contributed by atoms with Gasteiger partial charge in [-0.25, -0.2) is 0 Å². The van der Waals surface area contributed by atoms with E-state index < -0.39 is 6.10 Å². The van der Waals surface area contributed by atoms with Crippen LogP contribution in [0.1, 0.15) is 87.3 Å². The lowest BCUT2D eigenvalue weighted by Gasteiger charge is -2.33. The molecule has 0 fully saturated rings. The van der Waals surface area contributed by atoms with Crippen molar-refractivity contribution in [2.24, 2.45) is 5.92 Å². The van der Waals surface area contributed by atoms with E-state index in [9.17, 15) is 15.3 Å². The second-order valence-electron chi connectivity index (χ2n) is 9.27. The fourth-order valence-corrected chi connectivity index (χ4v) is 4.50. The summed E-state index contributed by atoms with van der Waals surface area (Å²) in [6.07, 6.45) is 8.60. The zero-order valence-corrected chi connectivity index (χ0v) is 20.6. The van der Waals surface area contributed by atoms with Gasteiger partial charge in [0.2, 0.25) is 0 Å². The Morgan fingerprint density at radius 3 is 2.12 bits per heavy atom. The Morgan fingerprint density at radius 1 is 0.875 bits per heavy atom. The van der Waals surface area contributed by atoms with E-state index in [-0.39, 0.29) is 24.5 Å².